The SMILES string of the molecule is CCCN(CC1CCCCC1)C(=O)NC1CCC(C(=O)O)CC1. The first kappa shape index (κ1) is 18.1. The van der Waals surface area contributed by atoms with E-state index in [2.05, 4.69) is 12.2 Å². The number of carboxylic acids is 1. The van der Waals surface area contributed by atoms with Gasteiger partial charge < -0.3 is 15.3 Å². The van der Waals surface area contributed by atoms with E-state index in [0.717, 1.165) is 32.4 Å². The topological polar surface area (TPSA) is 69.6 Å². The Morgan fingerprint density at radius 1 is 1.04 bits per heavy atom. The number of carbonyl (C=O) groups excluding carboxylic acids is 1. The second kappa shape index (κ2) is 9.14. The molecule has 0 bridgehead atoms. The molecule has 0 unspecified atom stereocenters. The van der Waals surface area contributed by atoms with Gasteiger partial charge >= 0.3 is 12.0 Å². The van der Waals surface area contributed by atoms with E-state index < -0.39 is 5.97 Å². The van der Waals surface area contributed by atoms with E-state index in [1.165, 1.54) is 32.1 Å². The van der Waals surface area contributed by atoms with Crippen LogP contribution in [-0.2, 0) is 4.79 Å². The maximum Gasteiger partial charge on any atom is 0.317 e. The molecule has 0 aromatic carbocycles. The smallest absolute Gasteiger partial charge is 0.317 e. The standard InChI is InChI=1S/C18H32N2O3/c1-2-12-20(13-14-6-4-3-5-7-14)18(23)19-16-10-8-15(9-11-16)17(21)22/h14-16H,2-13H2,1H3,(H,19,23)(H,21,22). The summed E-state index contributed by atoms with van der Waals surface area (Å²) in [5.41, 5.74) is 0. The number of carbonyl (C=O) groups is 2. The van der Waals surface area contributed by atoms with Crippen LogP contribution >= 0.6 is 0 Å². The van der Waals surface area contributed by atoms with E-state index in [9.17, 15) is 9.59 Å². The summed E-state index contributed by atoms with van der Waals surface area (Å²) >= 11 is 0. The molecular weight excluding hydrogens is 292 g/mol. The van der Waals surface area contributed by atoms with Gasteiger partial charge in [-0.1, -0.05) is 26.2 Å². The van der Waals surface area contributed by atoms with Crippen LogP contribution in [0, 0.1) is 11.8 Å². The molecule has 0 aliphatic heterocycles. The number of amides is 2. The fraction of sp³-hybridized carbons (Fsp3) is 0.889. The van der Waals surface area contributed by atoms with Gasteiger partial charge in [0.2, 0.25) is 0 Å². The van der Waals surface area contributed by atoms with Crippen LogP contribution in [0.15, 0.2) is 0 Å². The van der Waals surface area contributed by atoms with Crippen molar-refractivity contribution >= 4 is 12.0 Å². The zero-order chi connectivity index (χ0) is 16.7. The first-order chi connectivity index (χ1) is 11.1. The molecular formula is C18H32N2O3. The Balaban J connectivity index is 1.79. The third kappa shape index (κ3) is 5.70. The molecule has 5 nitrogen and oxygen atoms in total. The lowest BCUT2D eigenvalue weighted by Crippen LogP contribution is -2.48. The normalized spacial score (nSPS) is 25.8. The van der Waals surface area contributed by atoms with Gasteiger partial charge in [-0.05, 0) is 50.9 Å². The van der Waals surface area contributed by atoms with Crippen molar-refractivity contribution in [3.05, 3.63) is 0 Å². The maximum absolute atomic E-state index is 12.6. The Kier molecular flexibility index (Phi) is 7.18. The Bertz CT molecular complexity index is 386. The third-order valence-corrected chi connectivity index (χ3v) is 5.39. The zero-order valence-corrected chi connectivity index (χ0v) is 14.4. The van der Waals surface area contributed by atoms with E-state index in [1.807, 2.05) is 4.90 Å². The van der Waals surface area contributed by atoms with Gasteiger partial charge in [-0.25, -0.2) is 4.79 Å². The Morgan fingerprint density at radius 2 is 1.70 bits per heavy atom. The Hall–Kier alpha value is -1.26. The molecule has 2 aliphatic rings. The van der Waals surface area contributed by atoms with Crippen molar-refractivity contribution in [3.63, 3.8) is 0 Å². The van der Waals surface area contributed by atoms with E-state index in [0.29, 0.717) is 18.8 Å². The molecule has 2 aliphatic carbocycles. The lowest BCUT2D eigenvalue weighted by Gasteiger charge is -2.33. The van der Waals surface area contributed by atoms with Crippen LogP contribution in [0.2, 0.25) is 0 Å². The first-order valence-electron chi connectivity index (χ1n) is 9.38. The molecule has 23 heavy (non-hydrogen) atoms. The van der Waals surface area contributed by atoms with Gasteiger partial charge in [0.15, 0.2) is 0 Å². The molecule has 0 aromatic rings. The second-order valence-electron chi connectivity index (χ2n) is 7.29. The molecule has 0 spiro atoms. The lowest BCUT2D eigenvalue weighted by molar-refractivity contribution is -0.142. The molecule has 2 rings (SSSR count). The summed E-state index contributed by atoms with van der Waals surface area (Å²) in [7, 11) is 0. The molecule has 0 heterocycles. The quantitative estimate of drug-likeness (QED) is 0.784. The van der Waals surface area contributed by atoms with Crippen LogP contribution < -0.4 is 5.32 Å². The third-order valence-electron chi connectivity index (χ3n) is 5.39. The minimum Gasteiger partial charge on any atom is -0.481 e. The van der Waals surface area contributed by atoms with Crippen LogP contribution in [0.5, 0.6) is 0 Å². The number of carboxylic acid groups (broad SMARTS) is 1. The predicted octanol–water partition coefficient (Wildman–Crippen LogP) is 3.63. The van der Waals surface area contributed by atoms with Crippen molar-refractivity contribution in [1.29, 1.82) is 0 Å². The van der Waals surface area contributed by atoms with Crippen molar-refractivity contribution in [3.8, 4) is 0 Å². The zero-order valence-electron chi connectivity index (χ0n) is 14.4. The second-order valence-corrected chi connectivity index (χ2v) is 7.29. The fourth-order valence-electron chi connectivity index (χ4n) is 3.98. The van der Waals surface area contributed by atoms with Gasteiger partial charge in [-0.2, -0.15) is 0 Å². The number of hydrogen-bond acceptors (Lipinski definition) is 2. The summed E-state index contributed by atoms with van der Waals surface area (Å²) in [6.07, 6.45) is 10.3. The molecule has 5 heteroatoms. The molecule has 2 amide bonds. The summed E-state index contributed by atoms with van der Waals surface area (Å²) in [5, 5.41) is 12.2. The monoisotopic (exact) mass is 324 g/mol. The van der Waals surface area contributed by atoms with Crippen LogP contribution in [0.25, 0.3) is 0 Å². The molecule has 0 saturated heterocycles. The van der Waals surface area contributed by atoms with Crippen molar-refractivity contribution < 1.29 is 14.7 Å². The van der Waals surface area contributed by atoms with E-state index >= 15 is 0 Å². The summed E-state index contributed by atoms with van der Waals surface area (Å²) in [6, 6.07) is 0.194. The summed E-state index contributed by atoms with van der Waals surface area (Å²) < 4.78 is 0. The number of nitrogens with one attached hydrogen (secondary N) is 1. The van der Waals surface area contributed by atoms with Gasteiger partial charge in [-0.15, -0.1) is 0 Å². The highest BCUT2D eigenvalue weighted by Gasteiger charge is 2.28. The maximum atomic E-state index is 12.6. The number of urea groups is 1. The van der Waals surface area contributed by atoms with Gasteiger partial charge in [-0.3, -0.25) is 4.79 Å². The highest BCUT2D eigenvalue weighted by atomic mass is 16.4. The minimum atomic E-state index is -0.695. The average molecular weight is 324 g/mol. The minimum absolute atomic E-state index is 0.0520. The van der Waals surface area contributed by atoms with Crippen molar-refractivity contribution in [2.24, 2.45) is 11.8 Å². The van der Waals surface area contributed by atoms with Crippen LogP contribution in [0.1, 0.15) is 71.1 Å². The number of aliphatic carboxylic acids is 1. The highest BCUT2D eigenvalue weighted by Crippen LogP contribution is 2.26. The lowest BCUT2D eigenvalue weighted by atomic mass is 9.86. The predicted molar refractivity (Wildman–Crippen MR) is 90.4 cm³/mol. The van der Waals surface area contributed by atoms with Gasteiger partial charge in [0.1, 0.15) is 0 Å². The van der Waals surface area contributed by atoms with Gasteiger partial charge in [0.05, 0.1) is 5.92 Å². The Labute approximate surface area is 139 Å². The Morgan fingerprint density at radius 3 is 2.26 bits per heavy atom. The van der Waals surface area contributed by atoms with Gasteiger partial charge in [0.25, 0.3) is 0 Å². The molecule has 0 radical (unpaired) electrons. The molecule has 2 fully saturated rings. The van der Waals surface area contributed by atoms with Crippen LogP contribution in [-0.4, -0.2) is 41.1 Å². The fourth-order valence-corrected chi connectivity index (χ4v) is 3.98. The first-order valence-corrected chi connectivity index (χ1v) is 9.38. The van der Waals surface area contributed by atoms with Crippen molar-refractivity contribution in [2.45, 2.75) is 77.2 Å². The van der Waals surface area contributed by atoms with Crippen LogP contribution in [0.4, 0.5) is 4.79 Å². The number of hydrogen-bond donors (Lipinski definition) is 2. The number of rotatable bonds is 6. The molecule has 2 saturated carbocycles. The largest absolute Gasteiger partial charge is 0.481 e. The average Bonchev–Trinajstić information content (AvgIpc) is 2.56. The van der Waals surface area contributed by atoms with E-state index in [-0.39, 0.29) is 18.0 Å². The molecule has 132 valence electrons. The van der Waals surface area contributed by atoms with Crippen LogP contribution in [0.3, 0.4) is 0 Å². The van der Waals surface area contributed by atoms with Crippen molar-refractivity contribution in [2.75, 3.05) is 13.1 Å². The van der Waals surface area contributed by atoms with E-state index in [1.54, 1.807) is 0 Å². The summed E-state index contributed by atoms with van der Waals surface area (Å²) in [6.45, 7) is 3.80. The highest BCUT2D eigenvalue weighted by molar-refractivity contribution is 5.74. The van der Waals surface area contributed by atoms with Crippen molar-refractivity contribution in [1.82, 2.24) is 10.2 Å². The molecule has 2 N–H and O–H groups in total. The summed E-state index contributed by atoms with van der Waals surface area (Å²) in [5.74, 6) is -0.263. The van der Waals surface area contributed by atoms with E-state index in [4.69, 9.17) is 5.11 Å². The number of nitrogens with zero attached hydrogens (tertiary/aromatic N) is 1. The van der Waals surface area contributed by atoms with Gasteiger partial charge in [0, 0.05) is 19.1 Å². The molecule has 0 aromatic heterocycles. The summed E-state index contributed by atoms with van der Waals surface area (Å²) in [4.78, 5) is 25.6. The molecule has 0 atom stereocenters.